The topological polar surface area (TPSA) is 54.0 Å². The van der Waals surface area contributed by atoms with Crippen LogP contribution in [0.15, 0.2) is 0 Å². The maximum atomic E-state index is 12.7. The lowest BCUT2D eigenvalue weighted by atomic mass is 10.6. The predicted molar refractivity (Wildman–Crippen MR) is 81.0 cm³/mol. The van der Waals surface area contributed by atoms with E-state index in [4.69, 9.17) is 0 Å². The second kappa shape index (κ2) is 10.5. The lowest BCUT2D eigenvalue weighted by molar-refractivity contribution is -0.392. The summed E-state index contributed by atoms with van der Waals surface area (Å²) < 4.78 is 112. The van der Waals surface area contributed by atoms with Crippen molar-refractivity contribution < 1.29 is 53.6 Å². The van der Waals surface area contributed by atoms with Crippen LogP contribution in [-0.2, 0) is 22.9 Å². The zero-order valence-electron chi connectivity index (χ0n) is 14.3. The van der Waals surface area contributed by atoms with Crippen molar-refractivity contribution in [2.45, 2.75) is 39.2 Å². The van der Waals surface area contributed by atoms with Crippen LogP contribution in [0.2, 0.25) is 0 Å². The fraction of sp³-hybridized carbons (Fsp3) is 1.00. The van der Waals surface area contributed by atoms with Crippen molar-refractivity contribution in [1.29, 1.82) is 0 Å². The summed E-state index contributed by atoms with van der Waals surface area (Å²) in [5, 5.41) is 0. The van der Waals surface area contributed by atoms with Crippen LogP contribution in [0.25, 0.3) is 0 Å². The van der Waals surface area contributed by atoms with E-state index < -0.39 is 46.0 Å². The smallest absolute Gasteiger partial charge is 0.278 e. The van der Waals surface area contributed by atoms with Gasteiger partial charge in [0.05, 0.1) is 0 Å². The molecule has 0 N–H and O–H groups in total. The number of hydrogen-bond acceptors (Lipinski definition) is 5. The van der Waals surface area contributed by atoms with E-state index in [2.05, 4.69) is 39.1 Å². The Morgan fingerprint density at radius 2 is 1.35 bits per heavy atom. The van der Waals surface area contributed by atoms with E-state index in [1.54, 1.807) is 0 Å². The molecule has 5 nitrogen and oxygen atoms in total. The first kappa shape index (κ1) is 26.0. The zero-order valence-corrected chi connectivity index (χ0v) is 16.1. The molecule has 0 aromatic rings. The summed E-state index contributed by atoms with van der Waals surface area (Å²) >= 11 is 0. The molecular formula is C12H21F7O5P2. The van der Waals surface area contributed by atoms with Gasteiger partial charge in [-0.05, 0) is 18.5 Å². The minimum Gasteiger partial charge on any atom is -0.278 e. The fourth-order valence-corrected chi connectivity index (χ4v) is 4.01. The zero-order chi connectivity index (χ0) is 20.6. The van der Waals surface area contributed by atoms with E-state index >= 15 is 0 Å². The van der Waals surface area contributed by atoms with Gasteiger partial charge in [-0.3, -0.25) is 18.3 Å². The molecule has 0 aromatic carbocycles. The largest absolute Gasteiger partial charge is 0.475 e. The minimum absolute atomic E-state index is 0.446. The lowest BCUT2D eigenvalue weighted by Crippen LogP contribution is -2.41. The van der Waals surface area contributed by atoms with Crippen molar-refractivity contribution in [2.24, 2.45) is 0 Å². The quantitative estimate of drug-likeness (QED) is 0.421. The molecule has 1 aliphatic heterocycles. The first-order valence-corrected chi connectivity index (χ1v) is 10.8. The van der Waals surface area contributed by atoms with Gasteiger partial charge in [0, 0.05) is 0 Å². The highest BCUT2D eigenvalue weighted by Crippen LogP contribution is 2.53. The number of halogens is 7. The molecule has 0 aromatic heterocycles. The first-order chi connectivity index (χ1) is 11.7. The van der Waals surface area contributed by atoms with Crippen LogP contribution in [-0.4, -0.2) is 56.7 Å². The Hall–Kier alpha value is 0.01000. The highest BCUT2D eigenvalue weighted by molar-refractivity contribution is 7.57. The molecule has 14 heteroatoms. The van der Waals surface area contributed by atoms with Gasteiger partial charge >= 0.3 is 26.2 Å². The number of ether oxygens (including phenoxy) is 1. The number of rotatable bonds is 5. The SMILES string of the molecule is CCP(CC)CC.O=P1(OCC(F)(F)F)OCC(F)(F)OC(F)(F)CO1. The van der Waals surface area contributed by atoms with Gasteiger partial charge in [-0.15, -0.1) is 7.92 Å². The maximum Gasteiger partial charge on any atom is 0.475 e. The third-order valence-electron chi connectivity index (χ3n) is 2.81. The third-order valence-corrected chi connectivity index (χ3v) is 6.83. The number of alkyl halides is 7. The van der Waals surface area contributed by atoms with Gasteiger partial charge in [-0.2, -0.15) is 30.7 Å². The average molecular weight is 440 g/mol. The van der Waals surface area contributed by atoms with Crippen molar-refractivity contribution in [3.8, 4) is 0 Å². The summed E-state index contributed by atoms with van der Waals surface area (Å²) in [6.07, 6.45) is -9.85. The monoisotopic (exact) mass is 440 g/mol. The number of phosphoric ester groups is 1. The molecule has 1 heterocycles. The van der Waals surface area contributed by atoms with Crippen molar-refractivity contribution in [2.75, 3.05) is 38.3 Å². The molecule has 1 aliphatic rings. The van der Waals surface area contributed by atoms with Crippen LogP contribution in [0.3, 0.4) is 0 Å². The summed E-state index contributed by atoms with van der Waals surface area (Å²) in [4.78, 5) is 0. The van der Waals surface area contributed by atoms with Crippen LogP contribution in [0, 0.1) is 0 Å². The van der Waals surface area contributed by atoms with Gasteiger partial charge in [0.1, 0.15) is 13.2 Å². The Kier molecular flexibility index (Phi) is 10.5. The van der Waals surface area contributed by atoms with Crippen LogP contribution < -0.4 is 0 Å². The highest BCUT2D eigenvalue weighted by Gasteiger charge is 2.51. The lowest BCUT2D eigenvalue weighted by Gasteiger charge is -2.29. The van der Waals surface area contributed by atoms with E-state index in [1.165, 1.54) is 18.5 Å². The van der Waals surface area contributed by atoms with Gasteiger partial charge in [0.2, 0.25) is 0 Å². The summed E-state index contributed by atoms with van der Waals surface area (Å²) in [6.45, 7) is 0.661. The Morgan fingerprint density at radius 1 is 0.962 bits per heavy atom. The standard InChI is InChI=1S/C6H6F7O5P.C6H15P/c7-4(8,9)1-15-19(14)16-2-5(10,11)18-6(12,13)3-17-19;1-4-7(5-2)6-3/h1-3H2;4-6H2,1-3H3. The molecule has 1 fully saturated rings. The summed E-state index contributed by atoms with van der Waals surface area (Å²) in [5.41, 5.74) is 0. The van der Waals surface area contributed by atoms with Gasteiger partial charge in [-0.1, -0.05) is 20.8 Å². The molecule has 158 valence electrons. The van der Waals surface area contributed by atoms with E-state index in [0.717, 1.165) is 0 Å². The van der Waals surface area contributed by atoms with Crippen molar-refractivity contribution in [3.05, 3.63) is 0 Å². The summed E-state index contributed by atoms with van der Waals surface area (Å²) in [5.74, 6) is 0. The van der Waals surface area contributed by atoms with Crippen molar-refractivity contribution in [3.63, 3.8) is 0 Å². The van der Waals surface area contributed by atoms with E-state index in [0.29, 0.717) is 7.92 Å². The van der Waals surface area contributed by atoms with Crippen molar-refractivity contribution in [1.82, 2.24) is 0 Å². The van der Waals surface area contributed by atoms with E-state index in [9.17, 15) is 35.3 Å². The Bertz CT molecular complexity index is 422. The van der Waals surface area contributed by atoms with Gasteiger partial charge < -0.3 is 0 Å². The third kappa shape index (κ3) is 11.7. The molecule has 0 spiro atoms. The Balaban J connectivity index is 0.000000758. The molecule has 0 saturated carbocycles. The molecule has 0 atom stereocenters. The predicted octanol–water partition coefficient (Wildman–Crippen LogP) is 5.45. The average Bonchev–Trinajstić information content (AvgIpc) is 2.50. The molecule has 0 radical (unpaired) electrons. The second-order valence-electron chi connectivity index (χ2n) is 4.88. The second-order valence-corrected chi connectivity index (χ2v) is 9.79. The van der Waals surface area contributed by atoms with Gasteiger partial charge in [-0.25, -0.2) is 4.57 Å². The van der Waals surface area contributed by atoms with Gasteiger partial charge in [0.15, 0.2) is 6.61 Å². The fourth-order valence-electron chi connectivity index (χ4n) is 1.52. The highest BCUT2D eigenvalue weighted by atomic mass is 31.2. The summed E-state index contributed by atoms with van der Waals surface area (Å²) in [7, 11) is -4.75. The maximum absolute atomic E-state index is 12.7. The normalized spacial score (nSPS) is 22.1. The molecule has 0 unspecified atom stereocenters. The number of phosphoric acid groups is 1. The molecule has 1 saturated heterocycles. The van der Waals surface area contributed by atoms with Crippen LogP contribution >= 0.6 is 15.7 Å². The van der Waals surface area contributed by atoms with Crippen LogP contribution in [0.4, 0.5) is 30.7 Å². The van der Waals surface area contributed by atoms with Crippen LogP contribution in [0.5, 0.6) is 0 Å². The van der Waals surface area contributed by atoms with E-state index in [-0.39, 0.29) is 0 Å². The Labute approximate surface area is 147 Å². The molecule has 0 amide bonds. The first-order valence-electron chi connectivity index (χ1n) is 7.46. The van der Waals surface area contributed by atoms with Crippen molar-refractivity contribution >= 4 is 15.7 Å². The molecule has 0 aliphatic carbocycles. The molecular weight excluding hydrogens is 419 g/mol. The minimum atomic E-state index is -5.20. The molecule has 26 heavy (non-hydrogen) atoms. The Morgan fingerprint density at radius 3 is 1.62 bits per heavy atom. The van der Waals surface area contributed by atoms with Gasteiger partial charge in [0.25, 0.3) is 0 Å². The molecule has 0 bridgehead atoms. The van der Waals surface area contributed by atoms with E-state index in [1.807, 2.05) is 0 Å². The summed E-state index contributed by atoms with van der Waals surface area (Å²) in [6, 6.07) is 0. The molecule has 1 rings (SSSR count). The van der Waals surface area contributed by atoms with Crippen LogP contribution in [0.1, 0.15) is 20.8 Å². The number of hydrogen-bond donors (Lipinski definition) is 0.